The fourth-order valence-corrected chi connectivity index (χ4v) is 2.38. The monoisotopic (exact) mass is 437 g/mol. The largest absolute Gasteiger partial charge is 0.382 e. The third kappa shape index (κ3) is 14.0. The molecule has 31 heavy (non-hydrogen) atoms. The van der Waals surface area contributed by atoms with Gasteiger partial charge in [-0.3, -0.25) is 9.59 Å². The number of ether oxygens (including phenoxy) is 4. The van der Waals surface area contributed by atoms with Crippen LogP contribution in [0, 0.1) is 0 Å². The molecular weight excluding hydrogens is 406 g/mol. The molecule has 0 heterocycles. The lowest BCUT2D eigenvalue weighted by atomic mass is 10.2. The van der Waals surface area contributed by atoms with E-state index in [1.54, 1.807) is 0 Å². The maximum Gasteiger partial charge on any atom is 0.245 e. The van der Waals surface area contributed by atoms with Gasteiger partial charge in [-0.2, -0.15) is 0 Å². The van der Waals surface area contributed by atoms with Crippen molar-refractivity contribution in [2.24, 2.45) is 5.11 Å². The molecule has 2 amide bonds. The molecule has 2 N–H and O–H groups in total. The Bertz CT molecular complexity index is 669. The minimum absolute atomic E-state index is 0.0754. The second kappa shape index (κ2) is 18.1. The van der Waals surface area contributed by atoms with Gasteiger partial charge in [0.2, 0.25) is 11.8 Å². The molecule has 1 aromatic rings. The average Bonchev–Trinajstić information content (AvgIpc) is 2.78. The average molecular weight is 437 g/mol. The number of methoxy groups -OCH3 is 1. The van der Waals surface area contributed by atoms with Crippen molar-refractivity contribution in [2.45, 2.75) is 19.0 Å². The van der Waals surface area contributed by atoms with E-state index in [9.17, 15) is 9.59 Å². The van der Waals surface area contributed by atoms with Gasteiger partial charge in [0.05, 0.1) is 46.2 Å². The van der Waals surface area contributed by atoms with Crippen LogP contribution in [0.3, 0.4) is 0 Å². The summed E-state index contributed by atoms with van der Waals surface area (Å²) >= 11 is 0. The standard InChI is InChI=1S/C20H31N5O6/c1-28-16-18(20(27)22-15-17-5-3-2-4-6-17)24-19(26)7-9-29-11-13-31-14-12-30-10-8-23-25-21/h2-6,18H,7-16H2,1H3,(H,22,27)(H,24,26)/t18-/m0/s1. The fourth-order valence-electron chi connectivity index (χ4n) is 2.38. The lowest BCUT2D eigenvalue weighted by molar-refractivity contribution is -0.131. The van der Waals surface area contributed by atoms with Gasteiger partial charge in [-0.25, -0.2) is 0 Å². The maximum atomic E-state index is 12.3. The summed E-state index contributed by atoms with van der Waals surface area (Å²) in [7, 11) is 1.47. The molecule has 0 spiro atoms. The van der Waals surface area contributed by atoms with Gasteiger partial charge in [0.1, 0.15) is 6.04 Å². The minimum atomic E-state index is -0.775. The Morgan fingerprint density at radius 1 is 1.03 bits per heavy atom. The minimum Gasteiger partial charge on any atom is -0.382 e. The van der Waals surface area contributed by atoms with Gasteiger partial charge < -0.3 is 29.6 Å². The van der Waals surface area contributed by atoms with Crippen LogP contribution < -0.4 is 10.6 Å². The van der Waals surface area contributed by atoms with Gasteiger partial charge in [0.25, 0.3) is 0 Å². The molecule has 0 radical (unpaired) electrons. The molecule has 172 valence electrons. The van der Waals surface area contributed by atoms with E-state index in [-0.39, 0.29) is 31.4 Å². The number of carbonyl (C=O) groups is 2. The highest BCUT2D eigenvalue weighted by Crippen LogP contribution is 1.98. The lowest BCUT2D eigenvalue weighted by Gasteiger charge is -2.18. The molecule has 1 aromatic carbocycles. The van der Waals surface area contributed by atoms with Gasteiger partial charge in [-0.15, -0.1) is 0 Å². The number of hydrogen-bond donors (Lipinski definition) is 2. The second-order valence-electron chi connectivity index (χ2n) is 6.32. The number of azide groups is 1. The molecule has 0 saturated heterocycles. The SMILES string of the molecule is COC[C@H](NC(=O)CCOCCOCCOCCN=[N+]=[N-])C(=O)NCc1ccccc1. The Balaban J connectivity index is 2.11. The van der Waals surface area contributed by atoms with Crippen molar-refractivity contribution in [1.82, 2.24) is 10.6 Å². The zero-order chi connectivity index (χ0) is 22.6. The van der Waals surface area contributed by atoms with Crippen LogP contribution in [0.5, 0.6) is 0 Å². The number of rotatable bonds is 18. The molecule has 0 fully saturated rings. The van der Waals surface area contributed by atoms with E-state index in [1.807, 2.05) is 30.3 Å². The molecule has 1 atom stereocenters. The third-order valence-electron chi connectivity index (χ3n) is 3.91. The molecular formula is C20H31N5O6. The van der Waals surface area contributed by atoms with Crippen LogP contribution in [0.25, 0.3) is 10.4 Å². The highest BCUT2D eigenvalue weighted by atomic mass is 16.5. The molecule has 0 bridgehead atoms. The molecule has 1 rings (SSSR count). The van der Waals surface area contributed by atoms with Gasteiger partial charge in [-0.05, 0) is 11.1 Å². The quantitative estimate of drug-likeness (QED) is 0.153. The van der Waals surface area contributed by atoms with Crippen LogP contribution in [0.1, 0.15) is 12.0 Å². The Morgan fingerprint density at radius 3 is 2.32 bits per heavy atom. The van der Waals surface area contributed by atoms with Gasteiger partial charge in [0, 0.05) is 31.5 Å². The number of benzene rings is 1. The second-order valence-corrected chi connectivity index (χ2v) is 6.32. The smallest absolute Gasteiger partial charge is 0.245 e. The normalized spacial score (nSPS) is 11.4. The van der Waals surface area contributed by atoms with Crippen molar-refractivity contribution < 1.29 is 28.5 Å². The first kappa shape index (κ1) is 26.3. The van der Waals surface area contributed by atoms with Crippen molar-refractivity contribution in [1.29, 1.82) is 0 Å². The summed E-state index contributed by atoms with van der Waals surface area (Å²) in [6, 6.07) is 8.72. The molecule has 0 aromatic heterocycles. The number of amides is 2. The molecule has 0 unspecified atom stereocenters. The zero-order valence-corrected chi connectivity index (χ0v) is 17.8. The first-order chi connectivity index (χ1) is 15.2. The van der Waals surface area contributed by atoms with E-state index in [0.29, 0.717) is 46.1 Å². The summed E-state index contributed by atoms with van der Waals surface area (Å²) in [4.78, 5) is 27.0. The summed E-state index contributed by atoms with van der Waals surface area (Å²) in [6.45, 7) is 2.82. The van der Waals surface area contributed by atoms with Crippen LogP contribution in [-0.2, 0) is 35.1 Å². The summed E-state index contributed by atoms with van der Waals surface area (Å²) in [6.07, 6.45) is 0.120. The van der Waals surface area contributed by atoms with Gasteiger partial charge in [0.15, 0.2) is 0 Å². The van der Waals surface area contributed by atoms with E-state index in [2.05, 4.69) is 20.7 Å². The van der Waals surface area contributed by atoms with Crippen molar-refractivity contribution in [3.05, 3.63) is 46.3 Å². The molecule has 11 nitrogen and oxygen atoms in total. The molecule has 0 aliphatic heterocycles. The Hall–Kier alpha value is -2.69. The third-order valence-corrected chi connectivity index (χ3v) is 3.91. The van der Waals surface area contributed by atoms with Crippen LogP contribution in [-0.4, -0.2) is 77.8 Å². The Kier molecular flexibility index (Phi) is 15.4. The number of hydrogen-bond acceptors (Lipinski definition) is 7. The molecule has 11 heteroatoms. The number of nitrogens with zero attached hydrogens (tertiary/aromatic N) is 3. The summed E-state index contributed by atoms with van der Waals surface area (Å²) in [5.41, 5.74) is 9.08. The van der Waals surface area contributed by atoms with E-state index < -0.39 is 6.04 Å². The number of nitrogens with one attached hydrogen (secondary N) is 2. The van der Waals surface area contributed by atoms with Crippen LogP contribution in [0.2, 0.25) is 0 Å². The van der Waals surface area contributed by atoms with Crippen molar-refractivity contribution in [2.75, 3.05) is 59.9 Å². The highest BCUT2D eigenvalue weighted by Gasteiger charge is 2.20. The van der Waals surface area contributed by atoms with Gasteiger partial charge in [-0.1, -0.05) is 35.4 Å². The Morgan fingerprint density at radius 2 is 1.68 bits per heavy atom. The predicted octanol–water partition coefficient (Wildman–Crippen LogP) is 1.18. The fraction of sp³-hybridized carbons (Fsp3) is 0.600. The summed E-state index contributed by atoms with van der Waals surface area (Å²) in [5, 5.41) is 8.80. The van der Waals surface area contributed by atoms with E-state index in [4.69, 9.17) is 24.5 Å². The highest BCUT2D eigenvalue weighted by molar-refractivity contribution is 5.87. The first-order valence-electron chi connectivity index (χ1n) is 10.0. The van der Waals surface area contributed by atoms with Crippen molar-refractivity contribution >= 4 is 11.8 Å². The van der Waals surface area contributed by atoms with E-state index >= 15 is 0 Å². The topological polar surface area (TPSA) is 144 Å². The van der Waals surface area contributed by atoms with E-state index in [0.717, 1.165) is 5.56 Å². The zero-order valence-electron chi connectivity index (χ0n) is 17.8. The van der Waals surface area contributed by atoms with Crippen LogP contribution in [0.4, 0.5) is 0 Å². The van der Waals surface area contributed by atoms with Gasteiger partial charge >= 0.3 is 0 Å². The molecule has 0 aliphatic carbocycles. The van der Waals surface area contributed by atoms with Crippen molar-refractivity contribution in [3.8, 4) is 0 Å². The first-order valence-corrected chi connectivity index (χ1v) is 10.0. The van der Waals surface area contributed by atoms with E-state index in [1.165, 1.54) is 7.11 Å². The van der Waals surface area contributed by atoms with Crippen LogP contribution in [0.15, 0.2) is 35.4 Å². The van der Waals surface area contributed by atoms with Crippen LogP contribution >= 0.6 is 0 Å². The molecule has 0 aliphatic rings. The number of carbonyl (C=O) groups excluding carboxylic acids is 2. The van der Waals surface area contributed by atoms with Crippen molar-refractivity contribution in [3.63, 3.8) is 0 Å². The lowest BCUT2D eigenvalue weighted by Crippen LogP contribution is -2.49. The summed E-state index contributed by atoms with van der Waals surface area (Å²) in [5.74, 6) is -0.610. The maximum absolute atomic E-state index is 12.3. The Labute approximate surface area is 182 Å². The predicted molar refractivity (Wildman–Crippen MR) is 113 cm³/mol. The molecule has 0 saturated carbocycles. The summed E-state index contributed by atoms with van der Waals surface area (Å²) < 4.78 is 20.9.